The predicted octanol–water partition coefficient (Wildman–Crippen LogP) is 5.78. The average Bonchev–Trinajstić information content (AvgIpc) is 3.33. The molecule has 4 aromatic rings. The number of piperidine rings is 1. The summed E-state index contributed by atoms with van der Waals surface area (Å²) in [6.45, 7) is 3.35. The Kier molecular flexibility index (Phi) is 9.25. The molecule has 16 heteroatoms. The summed E-state index contributed by atoms with van der Waals surface area (Å²) in [4.78, 5) is 8.82. The van der Waals surface area contributed by atoms with E-state index in [1.165, 1.54) is 34.1 Å². The molecule has 0 amide bonds. The summed E-state index contributed by atoms with van der Waals surface area (Å²) >= 11 is 12.3. The van der Waals surface area contributed by atoms with E-state index in [1.54, 1.807) is 37.3 Å². The lowest BCUT2D eigenvalue weighted by Crippen LogP contribution is -2.67. The van der Waals surface area contributed by atoms with Crippen molar-refractivity contribution in [2.45, 2.75) is 54.8 Å². The summed E-state index contributed by atoms with van der Waals surface area (Å²) in [7, 11) is -4.00. The van der Waals surface area contributed by atoms with Crippen LogP contribution in [0.3, 0.4) is 0 Å². The first-order valence-electron chi connectivity index (χ1n) is 13.7. The van der Waals surface area contributed by atoms with Crippen LogP contribution in [0.5, 0.6) is 0 Å². The topological polar surface area (TPSA) is 133 Å². The lowest BCUT2D eigenvalue weighted by Gasteiger charge is -2.51. The number of aromatic nitrogens is 4. The first-order valence-corrected chi connectivity index (χ1v) is 15.9. The fourth-order valence-electron chi connectivity index (χ4n) is 5.63. The fourth-order valence-corrected chi connectivity index (χ4v) is 6.70. The molecule has 0 saturated carbocycles. The van der Waals surface area contributed by atoms with Crippen LogP contribution in [0.2, 0.25) is 10.0 Å². The molecule has 6 rings (SSSR count). The van der Waals surface area contributed by atoms with Crippen molar-refractivity contribution in [2.24, 2.45) is 0 Å². The van der Waals surface area contributed by atoms with Crippen molar-refractivity contribution in [3.05, 3.63) is 81.7 Å². The minimum absolute atomic E-state index is 0.0231. The summed E-state index contributed by atoms with van der Waals surface area (Å²) in [5.74, 6) is 0. The Morgan fingerprint density at radius 3 is 2.36 bits per heavy atom. The maximum absolute atomic E-state index is 13.8. The van der Waals surface area contributed by atoms with Gasteiger partial charge in [0.1, 0.15) is 5.52 Å². The second kappa shape index (κ2) is 12.5. The maximum atomic E-state index is 13.8. The predicted molar refractivity (Wildman–Crippen MR) is 158 cm³/mol. The van der Waals surface area contributed by atoms with Gasteiger partial charge in [0.25, 0.3) is 10.1 Å². The van der Waals surface area contributed by atoms with Crippen molar-refractivity contribution in [3.8, 4) is 0 Å². The van der Waals surface area contributed by atoms with Crippen LogP contribution in [0.15, 0.2) is 59.6 Å². The number of benzene rings is 2. The molecule has 44 heavy (non-hydrogen) atoms. The van der Waals surface area contributed by atoms with Crippen LogP contribution in [0.1, 0.15) is 49.2 Å². The Morgan fingerprint density at radius 2 is 1.82 bits per heavy atom. The lowest BCUT2D eigenvalue weighted by molar-refractivity contribution is -0.169. The Morgan fingerprint density at radius 1 is 1.11 bits per heavy atom. The van der Waals surface area contributed by atoms with Gasteiger partial charge in [-0.05, 0) is 49.6 Å². The highest BCUT2D eigenvalue weighted by atomic mass is 35.5. The summed E-state index contributed by atoms with van der Waals surface area (Å²) in [5, 5.41) is 19.8. The van der Waals surface area contributed by atoms with Crippen molar-refractivity contribution < 1.29 is 31.3 Å². The summed E-state index contributed by atoms with van der Waals surface area (Å²) in [6.07, 6.45) is -0.692. The molecule has 0 bridgehead atoms. The molecule has 4 heterocycles. The van der Waals surface area contributed by atoms with E-state index in [9.17, 15) is 26.8 Å². The molecular formula is C28H29Cl2F3N6O4S. The Hall–Kier alpha value is -2.85. The van der Waals surface area contributed by atoms with Gasteiger partial charge in [-0.2, -0.15) is 31.8 Å². The SMILES string of the molecule is C[C@H](c1ccc(Cl)cc1Cl)n1nc(C(F)(F)F)c2ncc(C3(C4CCCCN4O)CNC3)nc21.O=S(=O)(O)c1ccccc1. The molecule has 10 nitrogen and oxygen atoms in total. The summed E-state index contributed by atoms with van der Waals surface area (Å²) < 4.78 is 72.0. The van der Waals surface area contributed by atoms with Crippen LogP contribution in [0.4, 0.5) is 13.2 Å². The molecule has 2 atom stereocenters. The highest BCUT2D eigenvalue weighted by Crippen LogP contribution is 2.40. The summed E-state index contributed by atoms with van der Waals surface area (Å²) in [6, 6.07) is 11.4. The molecule has 2 fully saturated rings. The van der Waals surface area contributed by atoms with Crippen molar-refractivity contribution in [2.75, 3.05) is 19.6 Å². The average molecular weight is 674 g/mol. The van der Waals surface area contributed by atoms with Gasteiger partial charge in [0, 0.05) is 35.7 Å². The van der Waals surface area contributed by atoms with Crippen LogP contribution >= 0.6 is 23.2 Å². The molecule has 2 aliphatic heterocycles. The molecular weight excluding hydrogens is 644 g/mol. The second-order valence-corrected chi connectivity index (χ2v) is 13.0. The highest BCUT2D eigenvalue weighted by molar-refractivity contribution is 7.85. The molecule has 2 aromatic carbocycles. The molecule has 0 radical (unpaired) electrons. The lowest BCUT2D eigenvalue weighted by atomic mass is 9.69. The number of alkyl halides is 3. The van der Waals surface area contributed by atoms with Crippen LogP contribution in [-0.4, -0.2) is 68.7 Å². The van der Waals surface area contributed by atoms with E-state index in [4.69, 9.17) is 32.7 Å². The number of hydrogen-bond donors (Lipinski definition) is 3. The number of rotatable bonds is 5. The molecule has 2 aliphatic rings. The van der Waals surface area contributed by atoms with Crippen LogP contribution in [0, 0.1) is 0 Å². The van der Waals surface area contributed by atoms with E-state index in [1.807, 2.05) is 0 Å². The molecule has 2 aromatic heterocycles. The minimum Gasteiger partial charge on any atom is -0.315 e. The van der Waals surface area contributed by atoms with E-state index >= 15 is 0 Å². The zero-order valence-electron chi connectivity index (χ0n) is 23.3. The number of nitrogens with one attached hydrogen (secondary N) is 1. The van der Waals surface area contributed by atoms with Gasteiger partial charge in [0.05, 0.1) is 28.2 Å². The number of hydrogen-bond acceptors (Lipinski definition) is 8. The standard InChI is InChI=1S/C22H23Cl2F3N6O.C6H6O3S/c1-12(14-6-5-13(23)8-15(14)24)33-20-18(19(31-33)22(25,26)27)29-9-16(30-20)21(10-28-11-21)17-4-2-3-7-32(17)34;7-10(8,9)6-4-2-1-3-5-6/h5-6,8-9,12,17,28,34H,2-4,7,10-11H2,1H3;1-5H,(H,7,8,9)/t12-,17?;/m1./s1. The van der Waals surface area contributed by atoms with E-state index in [-0.39, 0.29) is 22.1 Å². The van der Waals surface area contributed by atoms with Gasteiger partial charge in [0.15, 0.2) is 11.3 Å². The maximum Gasteiger partial charge on any atom is 0.437 e. The molecule has 3 N–H and O–H groups in total. The van der Waals surface area contributed by atoms with Gasteiger partial charge >= 0.3 is 6.18 Å². The minimum atomic E-state index is -4.70. The quantitative estimate of drug-likeness (QED) is 0.226. The smallest absolute Gasteiger partial charge is 0.315 e. The second-order valence-electron chi connectivity index (χ2n) is 10.8. The van der Waals surface area contributed by atoms with Gasteiger partial charge in [-0.25, -0.2) is 14.6 Å². The van der Waals surface area contributed by atoms with Gasteiger partial charge in [-0.15, -0.1) is 0 Å². The van der Waals surface area contributed by atoms with Crippen LogP contribution in [-0.2, 0) is 21.7 Å². The van der Waals surface area contributed by atoms with Crippen LogP contribution < -0.4 is 5.32 Å². The largest absolute Gasteiger partial charge is 0.437 e. The molecule has 2 saturated heterocycles. The highest BCUT2D eigenvalue weighted by Gasteiger charge is 2.50. The van der Waals surface area contributed by atoms with E-state index in [0.29, 0.717) is 40.9 Å². The van der Waals surface area contributed by atoms with Crippen molar-refractivity contribution in [1.29, 1.82) is 0 Å². The number of hydroxylamine groups is 2. The molecule has 1 unspecified atom stereocenters. The van der Waals surface area contributed by atoms with Gasteiger partial charge in [-0.1, -0.05) is 53.9 Å². The zero-order valence-corrected chi connectivity index (χ0v) is 25.7. The van der Waals surface area contributed by atoms with Gasteiger partial charge in [0.2, 0.25) is 0 Å². The molecule has 0 aliphatic carbocycles. The molecule has 0 spiro atoms. The van der Waals surface area contributed by atoms with E-state index < -0.39 is 33.4 Å². The van der Waals surface area contributed by atoms with Gasteiger partial charge in [-0.3, -0.25) is 4.55 Å². The Balaban J connectivity index is 0.000000328. The summed E-state index contributed by atoms with van der Waals surface area (Å²) in [5.41, 5.74) is -0.847. The zero-order chi connectivity index (χ0) is 31.9. The Bertz CT molecular complexity index is 1750. The van der Waals surface area contributed by atoms with E-state index in [2.05, 4.69) is 15.4 Å². The van der Waals surface area contributed by atoms with E-state index in [0.717, 1.165) is 19.3 Å². The molecule has 236 valence electrons. The monoisotopic (exact) mass is 672 g/mol. The first kappa shape index (κ1) is 32.5. The number of halogens is 5. The third-order valence-electron chi connectivity index (χ3n) is 8.00. The number of nitrogens with zero attached hydrogens (tertiary/aromatic N) is 5. The number of fused-ring (bicyclic) bond motifs is 1. The third kappa shape index (κ3) is 6.43. The van der Waals surface area contributed by atoms with Crippen molar-refractivity contribution in [3.63, 3.8) is 0 Å². The first-order chi connectivity index (χ1) is 20.7. The Labute approximate surface area is 261 Å². The fraction of sp³-hybridized carbons (Fsp3) is 0.393. The van der Waals surface area contributed by atoms with Crippen molar-refractivity contribution >= 4 is 44.5 Å². The normalized spacial score (nSPS) is 19.6. The van der Waals surface area contributed by atoms with Crippen LogP contribution in [0.25, 0.3) is 11.2 Å². The van der Waals surface area contributed by atoms with Crippen molar-refractivity contribution in [1.82, 2.24) is 30.1 Å². The third-order valence-corrected chi connectivity index (χ3v) is 9.43. The van der Waals surface area contributed by atoms with Gasteiger partial charge < -0.3 is 10.5 Å².